The molecule has 0 amide bonds. The van der Waals surface area contributed by atoms with E-state index in [-0.39, 0.29) is 36.6 Å². The molecule has 1 aromatic carbocycles. The summed E-state index contributed by atoms with van der Waals surface area (Å²) < 4.78 is 12.4. The highest BCUT2D eigenvalue weighted by Gasteiger charge is 2.21. The van der Waals surface area contributed by atoms with Gasteiger partial charge in [-0.25, -0.2) is 0 Å². The lowest BCUT2D eigenvalue weighted by molar-refractivity contribution is 0.0166. The fourth-order valence-electron chi connectivity index (χ4n) is 5.49. The normalized spacial score (nSPS) is 25.4. The molecule has 7 heteroatoms. The number of phenolic OH excluding ortho intramolecular Hbond substituents is 1. The first-order valence-electron chi connectivity index (χ1n) is 14.3. The number of rotatable bonds is 8. The molecule has 0 spiro atoms. The van der Waals surface area contributed by atoms with Crippen LogP contribution in [-0.4, -0.2) is 46.4 Å². The quantitative estimate of drug-likeness (QED) is 0.324. The number of nitrogens with two attached hydrogens (primary N) is 1. The average Bonchev–Trinajstić information content (AvgIpc) is 2.94. The largest absolute Gasteiger partial charge is 0.504 e. The SMILES string of the molecule is C[C@@H]1C#CC2=CC(N)NC=C2CO[C@H](C[C@H](O)CCc2cc(OC3CCCCC3)c(O)cc2CO)CCC1. The van der Waals surface area contributed by atoms with E-state index < -0.39 is 6.10 Å². The Morgan fingerprint density at radius 3 is 2.74 bits per heavy atom. The van der Waals surface area contributed by atoms with E-state index in [0.29, 0.717) is 37.2 Å². The van der Waals surface area contributed by atoms with Gasteiger partial charge in [-0.3, -0.25) is 0 Å². The fraction of sp³-hybridized carbons (Fsp3) is 0.613. The van der Waals surface area contributed by atoms with Crippen LogP contribution in [0, 0.1) is 17.8 Å². The number of fused-ring (bicyclic) bond motifs is 1. The van der Waals surface area contributed by atoms with Crippen molar-refractivity contribution in [1.29, 1.82) is 0 Å². The molecule has 0 bridgehead atoms. The Kier molecular flexibility index (Phi) is 10.5. The summed E-state index contributed by atoms with van der Waals surface area (Å²) in [7, 11) is 0. The van der Waals surface area contributed by atoms with Gasteiger partial charge in [0, 0.05) is 23.3 Å². The Morgan fingerprint density at radius 2 is 1.95 bits per heavy atom. The number of benzene rings is 1. The van der Waals surface area contributed by atoms with Crippen molar-refractivity contribution < 1.29 is 24.8 Å². The standard InChI is InChI=1S/C31H44N2O5/c1-21-6-5-9-28(37-20-25-18-33-31(32)16-23(25)11-10-21)17-26(35)13-12-22-15-30(29(36)14-24(22)19-34)38-27-7-3-2-4-8-27/h14-16,18,21,26-28,31,33-36H,2-9,12-13,17,19-20,32H2,1H3/t21-,26+,28-,31?/m0/s1. The van der Waals surface area contributed by atoms with Crippen LogP contribution in [0.15, 0.2) is 35.6 Å². The summed E-state index contributed by atoms with van der Waals surface area (Å²) in [5.74, 6) is 7.44. The van der Waals surface area contributed by atoms with Gasteiger partial charge in [-0.05, 0) is 93.5 Å². The van der Waals surface area contributed by atoms with Crippen LogP contribution >= 0.6 is 0 Å². The first-order chi connectivity index (χ1) is 18.4. The first kappa shape index (κ1) is 28.5. The van der Waals surface area contributed by atoms with E-state index in [9.17, 15) is 15.3 Å². The van der Waals surface area contributed by atoms with Crippen LogP contribution in [0.2, 0.25) is 0 Å². The van der Waals surface area contributed by atoms with Crippen molar-refractivity contribution in [2.75, 3.05) is 6.61 Å². The lowest BCUT2D eigenvalue weighted by Gasteiger charge is -2.25. The van der Waals surface area contributed by atoms with Crippen LogP contribution in [0.1, 0.15) is 82.3 Å². The molecule has 0 aromatic heterocycles. The number of hydrogen-bond acceptors (Lipinski definition) is 7. The molecule has 0 radical (unpaired) electrons. The molecule has 2 heterocycles. The van der Waals surface area contributed by atoms with Crippen molar-refractivity contribution in [2.45, 2.75) is 109 Å². The Morgan fingerprint density at radius 1 is 1.13 bits per heavy atom. The number of aliphatic hydroxyl groups excluding tert-OH is 2. The fourth-order valence-corrected chi connectivity index (χ4v) is 5.49. The number of hydrogen-bond donors (Lipinski definition) is 5. The minimum Gasteiger partial charge on any atom is -0.504 e. The Balaban J connectivity index is 1.36. The molecule has 7 nitrogen and oxygen atoms in total. The van der Waals surface area contributed by atoms with E-state index in [2.05, 4.69) is 24.1 Å². The number of aliphatic hydroxyl groups is 2. The predicted octanol–water partition coefficient (Wildman–Crippen LogP) is 4.19. The smallest absolute Gasteiger partial charge is 0.161 e. The molecule has 4 rings (SSSR count). The van der Waals surface area contributed by atoms with Gasteiger partial charge in [-0.2, -0.15) is 0 Å². The molecular weight excluding hydrogens is 480 g/mol. The Labute approximate surface area is 227 Å². The van der Waals surface area contributed by atoms with Crippen LogP contribution in [-0.2, 0) is 17.8 Å². The summed E-state index contributed by atoms with van der Waals surface area (Å²) in [4.78, 5) is 0. The summed E-state index contributed by atoms with van der Waals surface area (Å²) in [6.07, 6.45) is 13.1. The minimum atomic E-state index is -0.552. The lowest BCUT2D eigenvalue weighted by Crippen LogP contribution is -2.35. The zero-order valence-electron chi connectivity index (χ0n) is 22.6. The van der Waals surface area contributed by atoms with Gasteiger partial charge >= 0.3 is 0 Å². The molecular formula is C31H44N2O5. The number of aryl methyl sites for hydroxylation is 1. The topological polar surface area (TPSA) is 117 Å². The molecule has 1 unspecified atom stereocenters. The molecule has 4 atom stereocenters. The number of ether oxygens (including phenoxy) is 2. The van der Waals surface area contributed by atoms with Gasteiger partial charge in [0.25, 0.3) is 0 Å². The van der Waals surface area contributed by atoms with Crippen LogP contribution in [0.25, 0.3) is 0 Å². The second-order valence-electron chi connectivity index (χ2n) is 11.0. The van der Waals surface area contributed by atoms with Gasteiger partial charge in [-0.15, -0.1) is 0 Å². The van der Waals surface area contributed by atoms with Crippen molar-refractivity contribution in [3.8, 4) is 23.3 Å². The highest BCUT2D eigenvalue weighted by atomic mass is 16.5. The molecule has 38 heavy (non-hydrogen) atoms. The van der Waals surface area contributed by atoms with Gasteiger partial charge < -0.3 is 35.8 Å². The summed E-state index contributed by atoms with van der Waals surface area (Å²) in [5, 5.41) is 34.4. The van der Waals surface area contributed by atoms with Crippen molar-refractivity contribution >= 4 is 0 Å². The monoisotopic (exact) mass is 524 g/mol. The summed E-state index contributed by atoms with van der Waals surface area (Å²) >= 11 is 0. The maximum atomic E-state index is 11.0. The molecule has 1 aliphatic carbocycles. The van der Waals surface area contributed by atoms with Crippen molar-refractivity contribution in [3.05, 3.63) is 46.7 Å². The zero-order chi connectivity index (χ0) is 26.9. The maximum Gasteiger partial charge on any atom is 0.161 e. The first-order valence-corrected chi connectivity index (χ1v) is 14.3. The van der Waals surface area contributed by atoms with Crippen LogP contribution in [0.5, 0.6) is 11.5 Å². The number of dihydropyridines is 1. The highest BCUT2D eigenvalue weighted by molar-refractivity contribution is 5.49. The third-order valence-electron chi connectivity index (χ3n) is 7.81. The molecule has 2 aliphatic heterocycles. The predicted molar refractivity (Wildman–Crippen MR) is 148 cm³/mol. The van der Waals surface area contributed by atoms with Crippen molar-refractivity contribution in [3.63, 3.8) is 0 Å². The van der Waals surface area contributed by atoms with Gasteiger partial charge in [0.2, 0.25) is 0 Å². The molecule has 3 aliphatic rings. The zero-order valence-corrected chi connectivity index (χ0v) is 22.6. The third kappa shape index (κ3) is 8.25. The summed E-state index contributed by atoms with van der Waals surface area (Å²) in [5.41, 5.74) is 9.48. The van der Waals surface area contributed by atoms with Crippen molar-refractivity contribution in [2.24, 2.45) is 11.7 Å². The Bertz CT molecular complexity index is 1050. The maximum absolute atomic E-state index is 11.0. The molecule has 0 saturated heterocycles. The molecule has 1 aromatic rings. The number of phenols is 1. The van der Waals surface area contributed by atoms with Crippen LogP contribution in [0.4, 0.5) is 0 Å². The summed E-state index contributed by atoms with van der Waals surface area (Å²) in [6, 6.07) is 3.44. The van der Waals surface area contributed by atoms with Gasteiger partial charge in [-0.1, -0.05) is 25.2 Å². The second kappa shape index (κ2) is 14.0. The lowest BCUT2D eigenvalue weighted by atomic mass is 9.96. The van der Waals surface area contributed by atoms with Crippen molar-refractivity contribution in [1.82, 2.24) is 5.32 Å². The van der Waals surface area contributed by atoms with E-state index in [1.54, 1.807) is 6.07 Å². The average molecular weight is 525 g/mol. The molecule has 1 fully saturated rings. The Hall–Kier alpha value is -2.50. The van der Waals surface area contributed by atoms with Gasteiger partial charge in [0.15, 0.2) is 11.5 Å². The van der Waals surface area contributed by atoms with E-state index in [4.69, 9.17) is 15.2 Å². The third-order valence-corrected chi connectivity index (χ3v) is 7.81. The molecule has 208 valence electrons. The second-order valence-corrected chi connectivity index (χ2v) is 11.0. The van der Waals surface area contributed by atoms with Crippen LogP contribution in [0.3, 0.4) is 0 Å². The number of nitrogens with one attached hydrogen (secondary N) is 1. The highest BCUT2D eigenvalue weighted by Crippen LogP contribution is 2.34. The van der Waals surface area contributed by atoms with Gasteiger partial charge in [0.1, 0.15) is 0 Å². The van der Waals surface area contributed by atoms with E-state index in [1.807, 2.05) is 18.3 Å². The van der Waals surface area contributed by atoms with E-state index in [0.717, 1.165) is 61.7 Å². The number of aromatic hydroxyl groups is 1. The minimum absolute atomic E-state index is 0.0637. The summed E-state index contributed by atoms with van der Waals surface area (Å²) in [6.45, 7) is 2.39. The van der Waals surface area contributed by atoms with E-state index >= 15 is 0 Å². The van der Waals surface area contributed by atoms with Gasteiger partial charge in [0.05, 0.1) is 37.7 Å². The van der Waals surface area contributed by atoms with E-state index in [1.165, 1.54) is 6.42 Å². The van der Waals surface area contributed by atoms with Crippen LogP contribution < -0.4 is 15.8 Å². The molecule has 1 saturated carbocycles. The molecule has 6 N–H and O–H groups in total.